The molecule has 100 valence electrons. The van der Waals surface area contributed by atoms with E-state index in [1.807, 2.05) is 0 Å². The van der Waals surface area contributed by atoms with Gasteiger partial charge in [0, 0.05) is 6.54 Å². The Kier molecular flexibility index (Phi) is 5.78. The van der Waals surface area contributed by atoms with E-state index in [2.05, 4.69) is 20.8 Å². The van der Waals surface area contributed by atoms with Crippen molar-refractivity contribution in [1.29, 1.82) is 0 Å². The number of rotatable bonds is 4. The molecule has 2 fully saturated rings. The van der Waals surface area contributed by atoms with Crippen LogP contribution >= 0.6 is 15.9 Å². The number of halogens is 1. The first-order chi connectivity index (χ1) is 8.27. The monoisotopic (exact) mass is 303 g/mol. The topological polar surface area (TPSA) is 23.5 Å². The molecule has 0 aromatic rings. The quantitative estimate of drug-likeness (QED) is 0.806. The van der Waals surface area contributed by atoms with Gasteiger partial charge in [0.15, 0.2) is 0 Å². The highest BCUT2D eigenvalue weighted by Gasteiger charge is 2.28. The Labute approximate surface area is 114 Å². The minimum absolute atomic E-state index is 0.141. The van der Waals surface area contributed by atoms with E-state index in [4.69, 9.17) is 0 Å². The Hall–Kier alpha value is 0.400. The molecule has 0 radical (unpaired) electrons. The summed E-state index contributed by atoms with van der Waals surface area (Å²) >= 11 is 3.72. The molecule has 2 nitrogen and oxygen atoms in total. The molecule has 0 spiro atoms. The number of nitrogens with zero attached hydrogens (tertiary/aromatic N) is 1. The van der Waals surface area contributed by atoms with Crippen LogP contribution in [-0.4, -0.2) is 40.6 Å². The molecule has 1 aliphatic heterocycles. The Balaban J connectivity index is 1.75. The molecule has 17 heavy (non-hydrogen) atoms. The first kappa shape index (κ1) is 13.8. The molecule has 0 bridgehead atoms. The van der Waals surface area contributed by atoms with Crippen molar-refractivity contribution in [2.24, 2.45) is 5.92 Å². The second-order valence-corrected chi connectivity index (χ2v) is 6.94. The highest BCUT2D eigenvalue weighted by Crippen LogP contribution is 2.30. The van der Waals surface area contributed by atoms with Gasteiger partial charge in [0.2, 0.25) is 0 Å². The smallest absolute Gasteiger partial charge is 0.0705 e. The van der Waals surface area contributed by atoms with Crippen molar-refractivity contribution in [2.75, 3.05) is 19.6 Å². The zero-order chi connectivity index (χ0) is 12.1. The molecule has 1 aliphatic carbocycles. The Morgan fingerprint density at radius 1 is 1.00 bits per heavy atom. The molecule has 3 heteroatoms. The number of aliphatic hydroxyl groups is 1. The molecule has 0 unspecified atom stereocenters. The van der Waals surface area contributed by atoms with E-state index >= 15 is 0 Å². The van der Waals surface area contributed by atoms with Crippen molar-refractivity contribution in [2.45, 2.75) is 62.3 Å². The van der Waals surface area contributed by atoms with Crippen molar-refractivity contribution in [1.82, 2.24) is 4.90 Å². The highest BCUT2D eigenvalue weighted by molar-refractivity contribution is 9.09. The summed E-state index contributed by atoms with van der Waals surface area (Å²) in [5.41, 5.74) is 0. The van der Waals surface area contributed by atoms with Crippen molar-refractivity contribution in [3.63, 3.8) is 0 Å². The third-order valence-corrected chi connectivity index (χ3v) is 5.22. The van der Waals surface area contributed by atoms with Crippen LogP contribution in [0.25, 0.3) is 0 Å². The summed E-state index contributed by atoms with van der Waals surface area (Å²) in [5.74, 6) is 0.540. The van der Waals surface area contributed by atoms with Gasteiger partial charge in [-0.25, -0.2) is 0 Å². The molecule has 0 aromatic heterocycles. The Morgan fingerprint density at radius 2 is 1.59 bits per heavy atom. The van der Waals surface area contributed by atoms with Gasteiger partial charge in [-0.05, 0) is 44.7 Å². The Bertz CT molecular complexity index is 212. The van der Waals surface area contributed by atoms with Gasteiger partial charge in [0.25, 0.3) is 0 Å². The maximum atomic E-state index is 10.4. The van der Waals surface area contributed by atoms with Gasteiger partial charge in [-0.15, -0.1) is 0 Å². The van der Waals surface area contributed by atoms with Gasteiger partial charge in [0.1, 0.15) is 0 Å². The fraction of sp³-hybridized carbons (Fsp3) is 1.00. The fourth-order valence-corrected chi connectivity index (χ4v) is 4.11. The molecule has 0 amide bonds. The molecule has 2 aliphatic rings. The van der Waals surface area contributed by atoms with Crippen LogP contribution < -0.4 is 0 Å². The zero-order valence-corrected chi connectivity index (χ0v) is 12.4. The maximum Gasteiger partial charge on any atom is 0.0705 e. The minimum Gasteiger partial charge on any atom is -0.392 e. The summed E-state index contributed by atoms with van der Waals surface area (Å²) < 4.78 is 0. The third-order valence-electron chi connectivity index (χ3n) is 4.38. The van der Waals surface area contributed by atoms with E-state index in [1.54, 1.807) is 0 Å². The molecular formula is C14H26BrNO. The second kappa shape index (κ2) is 7.10. The van der Waals surface area contributed by atoms with E-state index < -0.39 is 0 Å². The van der Waals surface area contributed by atoms with Crippen LogP contribution in [0.15, 0.2) is 0 Å². The lowest BCUT2D eigenvalue weighted by Crippen LogP contribution is -2.41. The maximum absolute atomic E-state index is 10.4. The third kappa shape index (κ3) is 4.22. The lowest BCUT2D eigenvalue weighted by Gasteiger charge is -2.34. The van der Waals surface area contributed by atoms with Gasteiger partial charge >= 0.3 is 0 Å². The summed E-state index contributed by atoms with van der Waals surface area (Å²) in [7, 11) is 0. The molecule has 1 N–H and O–H groups in total. The molecule has 2 rings (SSSR count). The summed E-state index contributed by atoms with van der Waals surface area (Å²) in [4.78, 5) is 2.78. The lowest BCUT2D eigenvalue weighted by molar-refractivity contribution is 0.0709. The molecule has 2 atom stereocenters. The highest BCUT2D eigenvalue weighted by atomic mass is 79.9. The van der Waals surface area contributed by atoms with E-state index in [-0.39, 0.29) is 10.9 Å². The summed E-state index contributed by atoms with van der Waals surface area (Å²) in [6, 6.07) is 0. The zero-order valence-electron chi connectivity index (χ0n) is 10.8. The first-order valence-electron chi connectivity index (χ1n) is 7.32. The number of piperidine rings is 1. The van der Waals surface area contributed by atoms with Crippen LogP contribution in [0.2, 0.25) is 0 Å². The molecule has 1 heterocycles. The standard InChI is InChI=1S/C14H26BrNO/c15-13(11-16-9-5-2-6-10-16)14(17)12-7-3-1-4-8-12/h12-14,17H,1-11H2/t13-,14+/m0/s1. The fourth-order valence-electron chi connectivity index (χ4n) is 3.27. The summed E-state index contributed by atoms with van der Waals surface area (Å²) in [6.45, 7) is 3.47. The van der Waals surface area contributed by atoms with Crippen molar-refractivity contribution in [3.05, 3.63) is 0 Å². The van der Waals surface area contributed by atoms with Gasteiger partial charge in [0.05, 0.1) is 10.9 Å². The normalized spacial score (nSPS) is 27.9. The van der Waals surface area contributed by atoms with Gasteiger partial charge in [-0.1, -0.05) is 41.6 Å². The van der Waals surface area contributed by atoms with Crippen LogP contribution in [0.3, 0.4) is 0 Å². The van der Waals surface area contributed by atoms with Crippen LogP contribution in [0.1, 0.15) is 51.4 Å². The van der Waals surface area contributed by atoms with Crippen molar-refractivity contribution in [3.8, 4) is 0 Å². The van der Waals surface area contributed by atoms with Crippen LogP contribution in [0.5, 0.6) is 0 Å². The number of likely N-dealkylation sites (tertiary alicyclic amines) is 1. The number of alkyl halides is 1. The minimum atomic E-state index is -0.141. The number of hydrogen-bond donors (Lipinski definition) is 1. The van der Waals surface area contributed by atoms with E-state index in [1.165, 1.54) is 64.5 Å². The van der Waals surface area contributed by atoms with Crippen LogP contribution in [-0.2, 0) is 0 Å². The van der Waals surface area contributed by atoms with Crippen molar-refractivity contribution >= 4 is 15.9 Å². The average Bonchev–Trinajstić information content (AvgIpc) is 2.40. The number of hydrogen-bond acceptors (Lipinski definition) is 2. The summed E-state index contributed by atoms with van der Waals surface area (Å²) in [6.07, 6.45) is 10.3. The van der Waals surface area contributed by atoms with E-state index in [0.29, 0.717) is 5.92 Å². The average molecular weight is 304 g/mol. The second-order valence-electron chi connectivity index (χ2n) is 5.77. The van der Waals surface area contributed by atoms with E-state index in [9.17, 15) is 5.11 Å². The number of aliphatic hydroxyl groups excluding tert-OH is 1. The van der Waals surface area contributed by atoms with Gasteiger partial charge in [-0.2, -0.15) is 0 Å². The van der Waals surface area contributed by atoms with Crippen LogP contribution in [0.4, 0.5) is 0 Å². The predicted molar refractivity (Wildman–Crippen MR) is 75.6 cm³/mol. The first-order valence-corrected chi connectivity index (χ1v) is 8.23. The Morgan fingerprint density at radius 3 is 2.24 bits per heavy atom. The van der Waals surface area contributed by atoms with Crippen molar-refractivity contribution < 1.29 is 5.11 Å². The van der Waals surface area contributed by atoms with E-state index in [0.717, 1.165) is 6.54 Å². The molecule has 0 aromatic carbocycles. The SMILES string of the molecule is O[C@H](C1CCCCC1)[C@@H](Br)CN1CCCCC1. The molecule has 1 saturated carbocycles. The van der Waals surface area contributed by atoms with Gasteiger partial charge < -0.3 is 10.0 Å². The lowest BCUT2D eigenvalue weighted by atomic mass is 9.84. The van der Waals surface area contributed by atoms with Gasteiger partial charge in [-0.3, -0.25) is 0 Å². The summed E-state index contributed by atoms with van der Waals surface area (Å²) in [5, 5.41) is 10.4. The predicted octanol–water partition coefficient (Wildman–Crippen LogP) is 3.18. The molecule has 1 saturated heterocycles. The molecular weight excluding hydrogens is 278 g/mol. The largest absolute Gasteiger partial charge is 0.392 e. The van der Waals surface area contributed by atoms with Crippen LogP contribution in [0, 0.1) is 5.92 Å².